The molecule has 0 spiro atoms. The molecule has 6 heteroatoms. The Kier molecular flexibility index (Phi) is 4.24. The fourth-order valence-electron chi connectivity index (χ4n) is 2.26. The van der Waals surface area contributed by atoms with E-state index >= 15 is 0 Å². The first-order chi connectivity index (χ1) is 9.49. The highest BCUT2D eigenvalue weighted by atomic mass is 16.7. The number of carboxylic acid groups (broad SMARTS) is 1. The van der Waals surface area contributed by atoms with Crippen molar-refractivity contribution in [2.45, 2.75) is 26.0 Å². The lowest BCUT2D eigenvalue weighted by Gasteiger charge is -2.21. The van der Waals surface area contributed by atoms with Gasteiger partial charge < -0.3 is 10.4 Å². The van der Waals surface area contributed by atoms with Crippen LogP contribution in [0.25, 0.3) is 0 Å². The van der Waals surface area contributed by atoms with Crippen LogP contribution in [0, 0.1) is 5.92 Å². The fourth-order valence-corrected chi connectivity index (χ4v) is 2.26. The predicted octanol–water partition coefficient (Wildman–Crippen LogP) is 1.79. The SMILES string of the molecule is CC(ON1CC(C)C(NC(=O)O)C1=O)c1ccccc1. The van der Waals surface area contributed by atoms with E-state index in [1.54, 1.807) is 0 Å². The Morgan fingerprint density at radius 1 is 1.45 bits per heavy atom. The van der Waals surface area contributed by atoms with Crippen LogP contribution in [0.4, 0.5) is 4.79 Å². The Balaban J connectivity index is 2.00. The van der Waals surface area contributed by atoms with Gasteiger partial charge in [-0.3, -0.25) is 9.63 Å². The van der Waals surface area contributed by atoms with Gasteiger partial charge in [0.2, 0.25) is 0 Å². The Labute approximate surface area is 117 Å². The van der Waals surface area contributed by atoms with Crippen LogP contribution in [0.5, 0.6) is 0 Å². The first kappa shape index (κ1) is 14.3. The van der Waals surface area contributed by atoms with Crippen LogP contribution in [0.3, 0.4) is 0 Å². The highest BCUT2D eigenvalue weighted by Gasteiger charge is 2.40. The van der Waals surface area contributed by atoms with Crippen molar-refractivity contribution in [3.8, 4) is 0 Å². The van der Waals surface area contributed by atoms with Crippen LogP contribution in [-0.2, 0) is 9.63 Å². The second kappa shape index (κ2) is 5.92. The van der Waals surface area contributed by atoms with E-state index in [-0.39, 0.29) is 17.9 Å². The monoisotopic (exact) mass is 278 g/mol. The number of nitrogens with zero attached hydrogens (tertiary/aromatic N) is 1. The molecule has 6 nitrogen and oxygen atoms in total. The second-order valence-electron chi connectivity index (χ2n) is 4.96. The maximum atomic E-state index is 12.1. The fraction of sp³-hybridized carbons (Fsp3) is 0.429. The summed E-state index contributed by atoms with van der Waals surface area (Å²) in [4.78, 5) is 28.4. The number of rotatable bonds is 4. The molecule has 1 aromatic carbocycles. The van der Waals surface area contributed by atoms with Gasteiger partial charge in [0.25, 0.3) is 5.91 Å². The number of carbonyl (C=O) groups is 2. The number of carbonyl (C=O) groups excluding carboxylic acids is 1. The smallest absolute Gasteiger partial charge is 0.405 e. The van der Waals surface area contributed by atoms with Crippen LogP contribution in [0.15, 0.2) is 30.3 Å². The average Bonchev–Trinajstić information content (AvgIpc) is 2.67. The predicted molar refractivity (Wildman–Crippen MR) is 71.8 cm³/mol. The summed E-state index contributed by atoms with van der Waals surface area (Å²) >= 11 is 0. The van der Waals surface area contributed by atoms with E-state index in [9.17, 15) is 9.59 Å². The number of nitrogens with one attached hydrogen (secondary N) is 1. The van der Waals surface area contributed by atoms with Gasteiger partial charge in [-0.05, 0) is 12.5 Å². The zero-order valence-electron chi connectivity index (χ0n) is 11.4. The summed E-state index contributed by atoms with van der Waals surface area (Å²) in [5.41, 5.74) is 0.961. The number of hydrogen-bond acceptors (Lipinski definition) is 3. The minimum atomic E-state index is -1.20. The van der Waals surface area contributed by atoms with Gasteiger partial charge in [-0.1, -0.05) is 37.3 Å². The average molecular weight is 278 g/mol. The van der Waals surface area contributed by atoms with Crippen molar-refractivity contribution in [2.75, 3.05) is 6.54 Å². The van der Waals surface area contributed by atoms with Crippen molar-refractivity contribution in [2.24, 2.45) is 5.92 Å². The lowest BCUT2D eigenvalue weighted by atomic mass is 10.1. The molecule has 1 saturated heterocycles. The van der Waals surface area contributed by atoms with Crippen LogP contribution in [0.1, 0.15) is 25.5 Å². The number of benzene rings is 1. The second-order valence-corrected chi connectivity index (χ2v) is 4.96. The maximum absolute atomic E-state index is 12.1. The Hall–Kier alpha value is -2.08. The summed E-state index contributed by atoms with van der Waals surface area (Å²) in [6.07, 6.45) is -1.47. The van der Waals surface area contributed by atoms with E-state index in [0.29, 0.717) is 6.54 Å². The van der Waals surface area contributed by atoms with E-state index in [1.165, 1.54) is 5.06 Å². The van der Waals surface area contributed by atoms with E-state index < -0.39 is 12.1 Å². The van der Waals surface area contributed by atoms with E-state index in [2.05, 4.69) is 5.32 Å². The summed E-state index contributed by atoms with van der Waals surface area (Å²) in [5, 5.41) is 12.2. The number of hydrogen-bond donors (Lipinski definition) is 2. The van der Waals surface area contributed by atoms with Crippen molar-refractivity contribution < 1.29 is 19.5 Å². The minimum Gasteiger partial charge on any atom is -0.465 e. The molecule has 2 amide bonds. The first-order valence-corrected chi connectivity index (χ1v) is 6.51. The van der Waals surface area contributed by atoms with Gasteiger partial charge in [0.05, 0.1) is 6.54 Å². The van der Waals surface area contributed by atoms with Crippen molar-refractivity contribution in [1.82, 2.24) is 10.4 Å². The summed E-state index contributed by atoms with van der Waals surface area (Å²) in [5.74, 6) is -0.468. The Morgan fingerprint density at radius 3 is 2.70 bits per heavy atom. The highest BCUT2D eigenvalue weighted by Crippen LogP contribution is 2.24. The number of amides is 2. The topological polar surface area (TPSA) is 78.9 Å². The molecule has 1 heterocycles. The van der Waals surface area contributed by atoms with Gasteiger partial charge in [0, 0.05) is 5.92 Å². The largest absolute Gasteiger partial charge is 0.465 e. The van der Waals surface area contributed by atoms with Gasteiger partial charge in [0.1, 0.15) is 12.1 Å². The molecule has 0 aromatic heterocycles. The third-order valence-corrected chi connectivity index (χ3v) is 3.37. The van der Waals surface area contributed by atoms with Gasteiger partial charge in [0.15, 0.2) is 0 Å². The standard InChI is InChI=1S/C14H18N2O4/c1-9-8-16(13(17)12(9)15-14(18)19)20-10(2)11-6-4-3-5-7-11/h3-7,9-10,12,15H,8H2,1-2H3,(H,18,19). The van der Waals surface area contributed by atoms with Crippen LogP contribution < -0.4 is 5.32 Å². The molecular formula is C14H18N2O4. The van der Waals surface area contributed by atoms with Crippen LogP contribution in [0.2, 0.25) is 0 Å². The van der Waals surface area contributed by atoms with Gasteiger partial charge in [-0.15, -0.1) is 0 Å². The van der Waals surface area contributed by atoms with E-state index in [1.807, 2.05) is 44.2 Å². The molecule has 2 rings (SSSR count). The molecule has 3 unspecified atom stereocenters. The molecule has 2 N–H and O–H groups in total. The molecule has 20 heavy (non-hydrogen) atoms. The molecule has 0 saturated carbocycles. The molecule has 1 fully saturated rings. The molecule has 0 radical (unpaired) electrons. The van der Waals surface area contributed by atoms with Gasteiger partial charge >= 0.3 is 6.09 Å². The van der Waals surface area contributed by atoms with Crippen molar-refractivity contribution in [1.29, 1.82) is 0 Å². The number of hydroxylamine groups is 2. The van der Waals surface area contributed by atoms with E-state index in [4.69, 9.17) is 9.94 Å². The Morgan fingerprint density at radius 2 is 2.10 bits per heavy atom. The normalized spacial score (nSPS) is 23.7. The molecule has 1 aliphatic rings. The molecule has 108 valence electrons. The zero-order chi connectivity index (χ0) is 14.7. The third kappa shape index (κ3) is 3.08. The third-order valence-electron chi connectivity index (χ3n) is 3.37. The van der Waals surface area contributed by atoms with Gasteiger partial charge in [-0.2, -0.15) is 0 Å². The molecule has 0 bridgehead atoms. The zero-order valence-corrected chi connectivity index (χ0v) is 11.4. The van der Waals surface area contributed by atoms with Crippen molar-refractivity contribution in [3.63, 3.8) is 0 Å². The van der Waals surface area contributed by atoms with Crippen molar-refractivity contribution in [3.05, 3.63) is 35.9 Å². The molecule has 0 aliphatic carbocycles. The quantitative estimate of drug-likeness (QED) is 0.880. The molecule has 1 aromatic rings. The van der Waals surface area contributed by atoms with Crippen molar-refractivity contribution >= 4 is 12.0 Å². The van der Waals surface area contributed by atoms with E-state index in [0.717, 1.165) is 5.56 Å². The van der Waals surface area contributed by atoms with Crippen LogP contribution in [-0.4, -0.2) is 34.8 Å². The minimum absolute atomic E-state index is 0.124. The lowest BCUT2D eigenvalue weighted by molar-refractivity contribution is -0.197. The maximum Gasteiger partial charge on any atom is 0.405 e. The Bertz CT molecular complexity index is 491. The summed E-state index contributed by atoms with van der Waals surface area (Å²) in [6, 6.07) is 8.81. The van der Waals surface area contributed by atoms with Gasteiger partial charge in [-0.25, -0.2) is 9.86 Å². The summed E-state index contributed by atoms with van der Waals surface area (Å²) in [7, 11) is 0. The summed E-state index contributed by atoms with van der Waals surface area (Å²) < 4.78 is 0. The lowest BCUT2D eigenvalue weighted by Crippen LogP contribution is -2.43. The molecule has 1 aliphatic heterocycles. The molecule has 3 atom stereocenters. The highest BCUT2D eigenvalue weighted by molar-refractivity contribution is 5.86. The first-order valence-electron chi connectivity index (χ1n) is 6.51. The summed E-state index contributed by atoms with van der Waals surface area (Å²) in [6.45, 7) is 4.04. The molecular weight excluding hydrogens is 260 g/mol. The van der Waals surface area contributed by atoms with Crippen LogP contribution >= 0.6 is 0 Å².